The zero-order valence-corrected chi connectivity index (χ0v) is 18.5. The Morgan fingerprint density at radius 2 is 1.36 bits per heavy atom. The highest BCUT2D eigenvalue weighted by atomic mass is 32.3. The second-order valence-corrected chi connectivity index (χ2v) is 8.94. The fraction of sp³-hybridized carbons (Fsp3) is 0.905. The molecule has 7 heteroatoms. The van der Waals surface area contributed by atoms with E-state index in [1.54, 1.807) is 0 Å². The molecule has 0 radical (unpaired) electrons. The number of hydrogen-bond donors (Lipinski definition) is 3. The highest BCUT2D eigenvalue weighted by Crippen LogP contribution is 2.11. The van der Waals surface area contributed by atoms with Crippen LogP contribution in [0, 0.1) is 0 Å². The lowest BCUT2D eigenvalue weighted by atomic mass is 10.1. The van der Waals surface area contributed by atoms with Crippen LogP contribution < -0.4 is 10.6 Å². The molecule has 1 fully saturated rings. The average molecular weight is 419 g/mol. The lowest BCUT2D eigenvalue weighted by Crippen LogP contribution is -2.55. The fourth-order valence-electron chi connectivity index (χ4n) is 3.56. The van der Waals surface area contributed by atoms with Crippen LogP contribution in [0.5, 0.6) is 0 Å². The lowest BCUT2D eigenvalue weighted by Gasteiger charge is -2.30. The van der Waals surface area contributed by atoms with Gasteiger partial charge in [0.15, 0.2) is 0 Å². The summed E-state index contributed by atoms with van der Waals surface area (Å²) in [6.45, 7) is 3.13. The monoisotopic (exact) mass is 418 g/mol. The average Bonchev–Trinajstić information content (AvgIpc) is 2.65. The predicted octanol–water partition coefficient (Wildman–Crippen LogP) is 4.73. The van der Waals surface area contributed by atoms with Gasteiger partial charge in [0.05, 0.1) is 6.17 Å². The molecule has 0 aromatic rings. The summed E-state index contributed by atoms with van der Waals surface area (Å²) >= 11 is 0. The van der Waals surface area contributed by atoms with E-state index in [-0.39, 0.29) is 6.17 Å². The Balaban J connectivity index is 1.84. The van der Waals surface area contributed by atoms with Crippen LogP contribution in [0.2, 0.25) is 0 Å². The molecule has 166 valence electrons. The first-order valence-electron chi connectivity index (χ1n) is 11.3. The predicted molar refractivity (Wildman–Crippen MR) is 116 cm³/mol. The Morgan fingerprint density at radius 1 is 0.857 bits per heavy atom. The van der Waals surface area contributed by atoms with Gasteiger partial charge in [0, 0.05) is 13.1 Å². The van der Waals surface area contributed by atoms with Gasteiger partial charge >= 0.3 is 10.4 Å². The molecule has 0 atom stereocenters. The van der Waals surface area contributed by atoms with Gasteiger partial charge in [-0.05, 0) is 32.1 Å². The van der Waals surface area contributed by atoms with E-state index in [4.69, 9.17) is 4.55 Å². The van der Waals surface area contributed by atoms with Crippen molar-refractivity contribution in [3.05, 3.63) is 12.2 Å². The first-order chi connectivity index (χ1) is 13.5. The van der Waals surface area contributed by atoms with Crippen LogP contribution in [0.4, 0.5) is 0 Å². The third-order valence-corrected chi connectivity index (χ3v) is 5.71. The van der Waals surface area contributed by atoms with Gasteiger partial charge < -0.3 is 0 Å². The summed E-state index contributed by atoms with van der Waals surface area (Å²) in [5.41, 5.74) is 0. The van der Waals surface area contributed by atoms with Gasteiger partial charge in [-0.15, -0.1) is 0 Å². The number of unbranched alkanes of at least 4 members (excludes halogenated alkanes) is 11. The van der Waals surface area contributed by atoms with Crippen LogP contribution in [0.1, 0.15) is 96.8 Å². The minimum absolute atomic E-state index is 0.200. The smallest absolute Gasteiger partial charge is 0.299 e. The Hall–Kier alpha value is -0.470. The Kier molecular flexibility index (Phi) is 14.9. The fourth-order valence-corrected chi connectivity index (χ4v) is 4.04. The molecule has 28 heavy (non-hydrogen) atoms. The molecule has 1 heterocycles. The summed E-state index contributed by atoms with van der Waals surface area (Å²) < 4.78 is 34.6. The molecule has 0 unspecified atom stereocenters. The summed E-state index contributed by atoms with van der Waals surface area (Å²) in [4.78, 5) is 0. The highest BCUT2D eigenvalue weighted by Gasteiger charge is 2.23. The molecule has 1 saturated heterocycles. The molecule has 0 aromatic heterocycles. The van der Waals surface area contributed by atoms with Crippen LogP contribution >= 0.6 is 0 Å². The van der Waals surface area contributed by atoms with Gasteiger partial charge in [-0.25, -0.2) is 4.18 Å². The van der Waals surface area contributed by atoms with Gasteiger partial charge in [-0.2, -0.15) is 8.42 Å². The summed E-state index contributed by atoms with van der Waals surface area (Å²) in [5, 5.41) is 6.44. The molecule has 1 rings (SSSR count). The Bertz CT molecular complexity index is 489. The summed E-state index contributed by atoms with van der Waals surface area (Å²) in [6.07, 6.45) is 22.3. The molecule has 0 spiro atoms. The standard InChI is InChI=1S/C21H42N2O4S/c1-2-3-4-5-6-7-8-9-10-11-12-13-14-15-16-17-21-22-18-20(19-23-21)27-28(24,25)26/h9-10,20-23H,2-8,11-19H2,1H3,(H,24,25,26)/b10-9-. The minimum Gasteiger partial charge on any atom is -0.299 e. The van der Waals surface area contributed by atoms with Crippen LogP contribution in [-0.4, -0.2) is 38.3 Å². The van der Waals surface area contributed by atoms with E-state index in [2.05, 4.69) is 33.9 Å². The van der Waals surface area contributed by atoms with Crippen LogP contribution in [-0.2, 0) is 14.6 Å². The maximum atomic E-state index is 10.7. The number of rotatable bonds is 17. The van der Waals surface area contributed by atoms with E-state index in [1.165, 1.54) is 77.0 Å². The maximum absolute atomic E-state index is 10.7. The molecule has 1 aliphatic heterocycles. The molecule has 0 aliphatic carbocycles. The summed E-state index contributed by atoms with van der Waals surface area (Å²) in [7, 11) is -4.37. The van der Waals surface area contributed by atoms with Crippen LogP contribution in [0.15, 0.2) is 12.2 Å². The van der Waals surface area contributed by atoms with Gasteiger partial charge in [0.2, 0.25) is 0 Å². The maximum Gasteiger partial charge on any atom is 0.397 e. The van der Waals surface area contributed by atoms with Gasteiger partial charge in [-0.1, -0.05) is 76.9 Å². The third kappa shape index (κ3) is 15.5. The van der Waals surface area contributed by atoms with Crippen molar-refractivity contribution in [1.29, 1.82) is 0 Å². The number of nitrogens with one attached hydrogen (secondary N) is 2. The lowest BCUT2D eigenvalue weighted by molar-refractivity contribution is 0.136. The second-order valence-electron chi connectivity index (χ2n) is 7.89. The number of allylic oxidation sites excluding steroid dienone is 2. The van der Waals surface area contributed by atoms with Crippen molar-refractivity contribution >= 4 is 10.4 Å². The quantitative estimate of drug-likeness (QED) is 0.180. The van der Waals surface area contributed by atoms with Crippen molar-refractivity contribution in [2.24, 2.45) is 0 Å². The van der Waals surface area contributed by atoms with Crippen molar-refractivity contribution < 1.29 is 17.2 Å². The first kappa shape index (κ1) is 25.6. The largest absolute Gasteiger partial charge is 0.397 e. The summed E-state index contributed by atoms with van der Waals surface area (Å²) in [5.74, 6) is 0. The van der Waals surface area contributed by atoms with E-state index >= 15 is 0 Å². The molecular weight excluding hydrogens is 376 g/mol. The second kappa shape index (κ2) is 16.3. The van der Waals surface area contributed by atoms with Crippen molar-refractivity contribution in [3.63, 3.8) is 0 Å². The van der Waals surface area contributed by atoms with E-state index in [1.807, 2.05) is 0 Å². The van der Waals surface area contributed by atoms with E-state index in [9.17, 15) is 8.42 Å². The summed E-state index contributed by atoms with van der Waals surface area (Å²) in [6, 6.07) is 0. The number of hydrogen-bond acceptors (Lipinski definition) is 5. The zero-order valence-electron chi connectivity index (χ0n) is 17.7. The molecule has 0 bridgehead atoms. The van der Waals surface area contributed by atoms with Crippen molar-refractivity contribution in [3.8, 4) is 0 Å². The molecule has 6 nitrogen and oxygen atoms in total. The van der Waals surface area contributed by atoms with E-state index in [0.717, 1.165) is 12.8 Å². The molecule has 0 amide bonds. The van der Waals surface area contributed by atoms with Crippen molar-refractivity contribution in [2.45, 2.75) is 109 Å². The van der Waals surface area contributed by atoms with E-state index in [0.29, 0.717) is 13.1 Å². The molecule has 0 saturated carbocycles. The topological polar surface area (TPSA) is 87.7 Å². The van der Waals surface area contributed by atoms with Crippen molar-refractivity contribution in [1.82, 2.24) is 10.6 Å². The van der Waals surface area contributed by atoms with Gasteiger partial charge in [0.1, 0.15) is 6.10 Å². The van der Waals surface area contributed by atoms with Gasteiger partial charge in [-0.3, -0.25) is 15.2 Å². The van der Waals surface area contributed by atoms with Crippen LogP contribution in [0.25, 0.3) is 0 Å². The normalized spacial score (nSPS) is 20.8. The third-order valence-electron chi connectivity index (χ3n) is 5.20. The van der Waals surface area contributed by atoms with Crippen LogP contribution in [0.3, 0.4) is 0 Å². The first-order valence-corrected chi connectivity index (χ1v) is 12.6. The molecule has 0 aromatic carbocycles. The molecule has 3 N–H and O–H groups in total. The molecular formula is C21H42N2O4S. The van der Waals surface area contributed by atoms with Gasteiger partial charge in [0.25, 0.3) is 0 Å². The van der Waals surface area contributed by atoms with E-state index < -0.39 is 16.5 Å². The molecule has 1 aliphatic rings. The Morgan fingerprint density at radius 3 is 1.89 bits per heavy atom. The Labute approximate surface area is 172 Å². The zero-order chi connectivity index (χ0) is 20.5. The minimum atomic E-state index is -4.37. The van der Waals surface area contributed by atoms with Crippen molar-refractivity contribution in [2.75, 3.05) is 13.1 Å². The SMILES string of the molecule is CCCCCCCC/C=C\CCCCCCCC1NCC(OS(=O)(=O)O)CN1. The highest BCUT2D eigenvalue weighted by molar-refractivity contribution is 7.80.